The van der Waals surface area contributed by atoms with Crippen molar-refractivity contribution in [2.75, 3.05) is 6.61 Å². The van der Waals surface area contributed by atoms with Crippen molar-refractivity contribution in [2.45, 2.75) is 57.1 Å². The zero-order chi connectivity index (χ0) is 11.7. The van der Waals surface area contributed by atoms with Gasteiger partial charge in [-0.2, -0.15) is 8.42 Å². The van der Waals surface area contributed by atoms with Crippen LogP contribution in [-0.4, -0.2) is 29.9 Å². The summed E-state index contributed by atoms with van der Waals surface area (Å²) in [5, 5.41) is 7.89. The third-order valence-corrected chi connectivity index (χ3v) is 3.78. The average Bonchev–Trinajstić information content (AvgIpc) is 2.14. The molecule has 5 heteroatoms. The molecule has 0 spiro atoms. The number of unbranched alkanes of at least 4 members (excludes halogenated alkanes) is 5. The third kappa shape index (κ3) is 8.84. The zero-order valence-electron chi connectivity index (χ0n) is 9.35. The van der Waals surface area contributed by atoms with Crippen LogP contribution in [0.1, 0.15) is 51.9 Å². The van der Waals surface area contributed by atoms with Crippen molar-refractivity contribution in [1.29, 1.82) is 0 Å². The number of aliphatic hydroxyl groups is 1. The summed E-state index contributed by atoms with van der Waals surface area (Å²) in [6, 6.07) is 0. The van der Waals surface area contributed by atoms with Crippen molar-refractivity contribution >= 4 is 10.1 Å². The van der Waals surface area contributed by atoms with Gasteiger partial charge in [0.15, 0.2) is 0 Å². The summed E-state index contributed by atoms with van der Waals surface area (Å²) in [7, 11) is -3.84. The maximum Gasteiger partial charge on any atom is 0.267 e. The molecule has 0 rings (SSSR count). The summed E-state index contributed by atoms with van der Waals surface area (Å²) in [5.41, 5.74) is 0. The van der Waals surface area contributed by atoms with Gasteiger partial charge >= 0.3 is 0 Å². The fourth-order valence-electron chi connectivity index (χ4n) is 1.40. The van der Waals surface area contributed by atoms with Crippen LogP contribution in [0.4, 0.5) is 0 Å². The van der Waals surface area contributed by atoms with E-state index in [1.54, 1.807) is 0 Å². The number of aliphatic hydroxyl groups excluding tert-OH is 1. The molecule has 1 unspecified atom stereocenters. The second-order valence-electron chi connectivity index (χ2n) is 3.96. The monoisotopic (exact) mass is 238 g/mol. The largest absolute Gasteiger partial charge is 0.396 e. The Labute approximate surface area is 92.4 Å². The van der Waals surface area contributed by atoms with Crippen LogP contribution in [0, 0.1) is 0 Å². The first kappa shape index (κ1) is 14.9. The van der Waals surface area contributed by atoms with Crippen LogP contribution in [0.5, 0.6) is 0 Å². The summed E-state index contributed by atoms with van der Waals surface area (Å²) in [5.74, 6) is 0. The first-order valence-electron chi connectivity index (χ1n) is 5.55. The van der Waals surface area contributed by atoms with Gasteiger partial charge in [0.1, 0.15) is 0 Å². The van der Waals surface area contributed by atoms with Gasteiger partial charge in [-0.3, -0.25) is 4.55 Å². The maximum atomic E-state index is 10.7. The number of hydrogen-bond donors (Lipinski definition) is 2. The molecule has 0 aliphatic rings. The van der Waals surface area contributed by atoms with Crippen LogP contribution in [-0.2, 0) is 10.1 Å². The highest BCUT2D eigenvalue weighted by atomic mass is 32.2. The van der Waals surface area contributed by atoms with Crippen molar-refractivity contribution in [3.05, 3.63) is 0 Å². The van der Waals surface area contributed by atoms with Gasteiger partial charge in [0, 0.05) is 6.61 Å². The SMILES string of the molecule is CC(CCCCCCCCO)S(=O)(=O)O. The lowest BCUT2D eigenvalue weighted by Crippen LogP contribution is -2.16. The molecule has 0 aromatic carbocycles. The average molecular weight is 238 g/mol. The fourth-order valence-corrected chi connectivity index (χ4v) is 1.86. The van der Waals surface area contributed by atoms with Crippen molar-refractivity contribution in [2.24, 2.45) is 0 Å². The minimum Gasteiger partial charge on any atom is -0.396 e. The molecule has 0 aromatic heterocycles. The second-order valence-corrected chi connectivity index (χ2v) is 5.79. The predicted octanol–water partition coefficient (Wildman–Crippen LogP) is 1.99. The van der Waals surface area contributed by atoms with E-state index < -0.39 is 15.4 Å². The molecule has 4 nitrogen and oxygen atoms in total. The van der Waals surface area contributed by atoms with E-state index in [4.69, 9.17) is 9.66 Å². The molecule has 92 valence electrons. The lowest BCUT2D eigenvalue weighted by atomic mass is 10.1. The summed E-state index contributed by atoms with van der Waals surface area (Å²) in [6.07, 6.45) is 6.38. The van der Waals surface area contributed by atoms with Gasteiger partial charge in [0.2, 0.25) is 0 Å². The smallest absolute Gasteiger partial charge is 0.267 e. The van der Waals surface area contributed by atoms with E-state index in [-0.39, 0.29) is 6.61 Å². The van der Waals surface area contributed by atoms with Gasteiger partial charge in [0.25, 0.3) is 10.1 Å². The summed E-state index contributed by atoms with van der Waals surface area (Å²) in [6.45, 7) is 1.78. The first-order chi connectivity index (χ1) is 6.98. The third-order valence-electron chi connectivity index (χ3n) is 2.53. The van der Waals surface area contributed by atoms with Gasteiger partial charge in [-0.25, -0.2) is 0 Å². The van der Waals surface area contributed by atoms with E-state index in [0.717, 1.165) is 38.5 Å². The van der Waals surface area contributed by atoms with Crippen LogP contribution < -0.4 is 0 Å². The molecular formula is C10H22O4S. The number of hydrogen-bond acceptors (Lipinski definition) is 3. The molecule has 0 aliphatic carbocycles. The van der Waals surface area contributed by atoms with Crippen LogP contribution >= 0.6 is 0 Å². The highest BCUT2D eigenvalue weighted by molar-refractivity contribution is 7.86. The highest BCUT2D eigenvalue weighted by Crippen LogP contribution is 2.11. The summed E-state index contributed by atoms with van der Waals surface area (Å²) in [4.78, 5) is 0. The van der Waals surface area contributed by atoms with Gasteiger partial charge in [-0.1, -0.05) is 32.1 Å². The zero-order valence-corrected chi connectivity index (χ0v) is 10.2. The van der Waals surface area contributed by atoms with E-state index in [1.807, 2.05) is 0 Å². The van der Waals surface area contributed by atoms with Crippen molar-refractivity contribution in [3.8, 4) is 0 Å². The minimum absolute atomic E-state index is 0.250. The summed E-state index contributed by atoms with van der Waals surface area (Å²) < 4.78 is 30.0. The highest BCUT2D eigenvalue weighted by Gasteiger charge is 2.15. The summed E-state index contributed by atoms with van der Waals surface area (Å²) >= 11 is 0. The van der Waals surface area contributed by atoms with E-state index in [9.17, 15) is 8.42 Å². The fraction of sp³-hybridized carbons (Fsp3) is 1.00. The molecule has 0 fully saturated rings. The molecule has 2 N–H and O–H groups in total. The standard InChI is InChI=1S/C10H22O4S/c1-10(15(12,13)14)8-6-4-2-3-5-7-9-11/h10-11H,2-9H2,1H3,(H,12,13,14). The van der Waals surface area contributed by atoms with Gasteiger partial charge < -0.3 is 5.11 Å². The minimum atomic E-state index is -3.84. The lowest BCUT2D eigenvalue weighted by molar-refractivity contribution is 0.282. The van der Waals surface area contributed by atoms with E-state index in [2.05, 4.69) is 0 Å². The number of rotatable bonds is 9. The van der Waals surface area contributed by atoms with E-state index >= 15 is 0 Å². The Hall–Kier alpha value is -0.130. The van der Waals surface area contributed by atoms with Crippen LogP contribution in [0.2, 0.25) is 0 Å². The Kier molecular flexibility index (Phi) is 8.00. The van der Waals surface area contributed by atoms with Crippen molar-refractivity contribution in [1.82, 2.24) is 0 Å². The molecule has 15 heavy (non-hydrogen) atoms. The normalized spacial score (nSPS) is 14.1. The van der Waals surface area contributed by atoms with Gasteiger partial charge in [-0.05, 0) is 19.8 Å². The quantitative estimate of drug-likeness (QED) is 0.476. The topological polar surface area (TPSA) is 74.6 Å². The molecule has 0 aromatic rings. The molecule has 0 saturated carbocycles. The maximum absolute atomic E-state index is 10.7. The molecule has 0 radical (unpaired) electrons. The van der Waals surface area contributed by atoms with Crippen LogP contribution in [0.3, 0.4) is 0 Å². The van der Waals surface area contributed by atoms with E-state index in [1.165, 1.54) is 6.92 Å². The predicted molar refractivity (Wildman–Crippen MR) is 60.4 cm³/mol. The van der Waals surface area contributed by atoms with Crippen LogP contribution in [0.15, 0.2) is 0 Å². The molecule has 0 heterocycles. The Morgan fingerprint density at radius 1 is 1.00 bits per heavy atom. The first-order valence-corrected chi connectivity index (χ1v) is 7.06. The Morgan fingerprint density at radius 2 is 1.47 bits per heavy atom. The van der Waals surface area contributed by atoms with Crippen LogP contribution in [0.25, 0.3) is 0 Å². The second kappa shape index (κ2) is 8.07. The van der Waals surface area contributed by atoms with E-state index in [0.29, 0.717) is 6.42 Å². The van der Waals surface area contributed by atoms with Gasteiger partial charge in [-0.15, -0.1) is 0 Å². The molecule has 0 saturated heterocycles. The molecule has 0 aliphatic heterocycles. The van der Waals surface area contributed by atoms with Crippen molar-refractivity contribution < 1.29 is 18.1 Å². The van der Waals surface area contributed by atoms with Gasteiger partial charge in [0.05, 0.1) is 5.25 Å². The molecule has 0 amide bonds. The molecular weight excluding hydrogens is 216 g/mol. The molecule has 0 bridgehead atoms. The lowest BCUT2D eigenvalue weighted by Gasteiger charge is -2.07. The Bertz CT molecular complexity index is 236. The molecule has 1 atom stereocenters. The Balaban J connectivity index is 3.32. The Morgan fingerprint density at radius 3 is 1.93 bits per heavy atom. The van der Waals surface area contributed by atoms with Crippen molar-refractivity contribution in [3.63, 3.8) is 0 Å².